The summed E-state index contributed by atoms with van der Waals surface area (Å²) in [5.41, 5.74) is 4.01. The summed E-state index contributed by atoms with van der Waals surface area (Å²) in [7, 11) is 0. The van der Waals surface area contributed by atoms with E-state index < -0.39 is 0 Å². The van der Waals surface area contributed by atoms with Crippen LogP contribution in [-0.4, -0.2) is 16.0 Å². The number of benzene rings is 1. The molecule has 0 amide bonds. The molecule has 102 valence electrons. The Morgan fingerprint density at radius 3 is 2.70 bits per heavy atom. The van der Waals surface area contributed by atoms with Crippen molar-refractivity contribution >= 4 is 5.95 Å². The number of aryl methyl sites for hydroxylation is 1. The molecule has 1 atom stereocenters. The molecule has 0 saturated heterocycles. The molecule has 1 heterocycles. The second-order valence-electron chi connectivity index (χ2n) is 5.93. The van der Waals surface area contributed by atoms with Gasteiger partial charge in [0.1, 0.15) is 0 Å². The van der Waals surface area contributed by atoms with Crippen LogP contribution in [0.3, 0.4) is 0 Å². The van der Waals surface area contributed by atoms with E-state index in [0.717, 1.165) is 18.8 Å². The normalized spacial score (nSPS) is 21.3. The largest absolute Gasteiger partial charge is 0.351 e. The topological polar surface area (TPSA) is 37.8 Å². The minimum absolute atomic E-state index is 0.619. The molecule has 1 unspecified atom stereocenters. The van der Waals surface area contributed by atoms with E-state index in [0.29, 0.717) is 12.0 Å². The number of hydrogen-bond donors (Lipinski definition) is 1. The maximum Gasteiger partial charge on any atom is 0.223 e. The van der Waals surface area contributed by atoms with Gasteiger partial charge in [-0.25, -0.2) is 9.97 Å². The van der Waals surface area contributed by atoms with Crippen molar-refractivity contribution in [1.82, 2.24) is 9.97 Å². The number of rotatable bonds is 3. The highest BCUT2D eigenvalue weighted by Crippen LogP contribution is 2.32. The lowest BCUT2D eigenvalue weighted by atomic mass is 9.83. The summed E-state index contributed by atoms with van der Waals surface area (Å²) >= 11 is 0. The number of nitrogens with zero attached hydrogens (tertiary/aromatic N) is 2. The van der Waals surface area contributed by atoms with Crippen LogP contribution >= 0.6 is 0 Å². The molecule has 0 spiro atoms. The van der Waals surface area contributed by atoms with Crippen molar-refractivity contribution in [3.8, 4) is 0 Å². The van der Waals surface area contributed by atoms with Gasteiger partial charge in [-0.1, -0.05) is 30.3 Å². The number of nitrogens with one attached hydrogen (secondary N) is 1. The standard InChI is InChI=1S/C17H19N3/c1-2-4-12(5-3-1)13-6-9-16-14(10-13)11-18-17(20-16)19-15-7-8-15/h1-5,11,13,15H,6-10H2,(H,18,19,20). The summed E-state index contributed by atoms with van der Waals surface area (Å²) in [5, 5.41) is 3.39. The molecule has 1 aromatic carbocycles. The first-order valence-electron chi connectivity index (χ1n) is 7.55. The lowest BCUT2D eigenvalue weighted by Gasteiger charge is -2.24. The summed E-state index contributed by atoms with van der Waals surface area (Å²) < 4.78 is 0. The molecule has 0 radical (unpaired) electrons. The highest BCUT2D eigenvalue weighted by atomic mass is 15.1. The molecule has 3 nitrogen and oxygen atoms in total. The Kier molecular flexibility index (Phi) is 2.91. The van der Waals surface area contributed by atoms with E-state index in [2.05, 4.69) is 40.6 Å². The molecule has 0 aliphatic heterocycles. The molecule has 1 fully saturated rings. The quantitative estimate of drug-likeness (QED) is 0.925. The first-order valence-corrected chi connectivity index (χ1v) is 7.55. The molecular formula is C17H19N3. The van der Waals surface area contributed by atoms with Crippen LogP contribution in [0, 0.1) is 0 Å². The summed E-state index contributed by atoms with van der Waals surface area (Å²) in [6, 6.07) is 11.4. The highest BCUT2D eigenvalue weighted by molar-refractivity contribution is 5.35. The van der Waals surface area contributed by atoms with Crippen LogP contribution in [0.4, 0.5) is 5.95 Å². The van der Waals surface area contributed by atoms with Crippen LogP contribution in [0.5, 0.6) is 0 Å². The average molecular weight is 265 g/mol. The fraction of sp³-hybridized carbons (Fsp3) is 0.412. The van der Waals surface area contributed by atoms with Crippen molar-refractivity contribution in [3.63, 3.8) is 0 Å². The van der Waals surface area contributed by atoms with Crippen LogP contribution in [0.2, 0.25) is 0 Å². The SMILES string of the molecule is c1ccc(C2CCc3nc(NC4CC4)ncc3C2)cc1. The second-order valence-corrected chi connectivity index (χ2v) is 5.93. The van der Waals surface area contributed by atoms with Gasteiger partial charge < -0.3 is 5.32 Å². The van der Waals surface area contributed by atoms with Gasteiger partial charge in [0.15, 0.2) is 0 Å². The summed E-state index contributed by atoms with van der Waals surface area (Å²) in [6.07, 6.45) is 7.88. The van der Waals surface area contributed by atoms with Crippen molar-refractivity contribution in [1.29, 1.82) is 0 Å². The Morgan fingerprint density at radius 1 is 1.05 bits per heavy atom. The zero-order valence-corrected chi connectivity index (χ0v) is 11.5. The molecule has 2 aromatic rings. The monoisotopic (exact) mass is 265 g/mol. The van der Waals surface area contributed by atoms with Gasteiger partial charge in [0.2, 0.25) is 5.95 Å². The van der Waals surface area contributed by atoms with E-state index in [9.17, 15) is 0 Å². The fourth-order valence-electron chi connectivity index (χ4n) is 3.00. The first-order chi connectivity index (χ1) is 9.88. The predicted molar refractivity (Wildman–Crippen MR) is 79.9 cm³/mol. The van der Waals surface area contributed by atoms with E-state index in [4.69, 9.17) is 4.98 Å². The average Bonchev–Trinajstić information content (AvgIpc) is 3.32. The second kappa shape index (κ2) is 4.89. The van der Waals surface area contributed by atoms with Gasteiger partial charge in [-0.3, -0.25) is 0 Å². The molecular weight excluding hydrogens is 246 g/mol. The van der Waals surface area contributed by atoms with Gasteiger partial charge in [0, 0.05) is 17.9 Å². The number of aromatic nitrogens is 2. The molecule has 2 aliphatic carbocycles. The van der Waals surface area contributed by atoms with Gasteiger partial charge in [-0.2, -0.15) is 0 Å². The maximum absolute atomic E-state index is 4.70. The van der Waals surface area contributed by atoms with Crippen LogP contribution in [0.15, 0.2) is 36.5 Å². The van der Waals surface area contributed by atoms with Gasteiger partial charge in [-0.05, 0) is 49.1 Å². The van der Waals surface area contributed by atoms with E-state index >= 15 is 0 Å². The Labute approximate surface area is 119 Å². The van der Waals surface area contributed by atoms with Gasteiger partial charge in [0.05, 0.1) is 0 Å². The number of hydrogen-bond acceptors (Lipinski definition) is 3. The highest BCUT2D eigenvalue weighted by Gasteiger charge is 2.24. The number of anilines is 1. The third-order valence-corrected chi connectivity index (χ3v) is 4.33. The predicted octanol–water partition coefficient (Wildman–Crippen LogP) is 3.32. The Morgan fingerprint density at radius 2 is 1.90 bits per heavy atom. The van der Waals surface area contributed by atoms with Crippen LogP contribution in [0.25, 0.3) is 0 Å². The Balaban J connectivity index is 1.54. The van der Waals surface area contributed by atoms with E-state index in [1.54, 1.807) is 0 Å². The zero-order chi connectivity index (χ0) is 13.4. The first kappa shape index (κ1) is 11.9. The summed E-state index contributed by atoms with van der Waals surface area (Å²) in [5.74, 6) is 1.44. The fourth-order valence-corrected chi connectivity index (χ4v) is 3.00. The van der Waals surface area contributed by atoms with Gasteiger partial charge in [-0.15, -0.1) is 0 Å². The van der Waals surface area contributed by atoms with Crippen LogP contribution in [-0.2, 0) is 12.8 Å². The molecule has 1 saturated carbocycles. The molecule has 4 rings (SSSR count). The molecule has 20 heavy (non-hydrogen) atoms. The molecule has 1 aromatic heterocycles. The zero-order valence-electron chi connectivity index (χ0n) is 11.5. The summed E-state index contributed by atoms with van der Waals surface area (Å²) in [4.78, 5) is 9.18. The van der Waals surface area contributed by atoms with Crippen LogP contribution in [0.1, 0.15) is 42.0 Å². The molecule has 1 N–H and O–H groups in total. The third kappa shape index (κ3) is 2.40. The van der Waals surface area contributed by atoms with Crippen molar-refractivity contribution in [2.45, 2.75) is 44.1 Å². The molecule has 2 aliphatic rings. The van der Waals surface area contributed by atoms with Crippen molar-refractivity contribution < 1.29 is 0 Å². The lowest BCUT2D eigenvalue weighted by molar-refractivity contribution is 0.571. The minimum atomic E-state index is 0.619. The van der Waals surface area contributed by atoms with E-state index in [1.807, 2.05) is 6.20 Å². The van der Waals surface area contributed by atoms with Gasteiger partial charge >= 0.3 is 0 Å². The van der Waals surface area contributed by atoms with E-state index in [-0.39, 0.29) is 0 Å². The Hall–Kier alpha value is -1.90. The molecule has 3 heteroatoms. The lowest BCUT2D eigenvalue weighted by Crippen LogP contribution is -2.16. The third-order valence-electron chi connectivity index (χ3n) is 4.33. The number of fused-ring (bicyclic) bond motifs is 1. The summed E-state index contributed by atoms with van der Waals surface area (Å²) in [6.45, 7) is 0. The maximum atomic E-state index is 4.70. The van der Waals surface area contributed by atoms with Crippen molar-refractivity contribution in [3.05, 3.63) is 53.3 Å². The molecule has 0 bridgehead atoms. The van der Waals surface area contributed by atoms with E-state index in [1.165, 1.54) is 36.1 Å². The van der Waals surface area contributed by atoms with Gasteiger partial charge in [0.25, 0.3) is 0 Å². The Bertz CT molecular complexity index is 605. The van der Waals surface area contributed by atoms with Crippen LogP contribution < -0.4 is 5.32 Å². The smallest absolute Gasteiger partial charge is 0.223 e. The van der Waals surface area contributed by atoms with Crippen molar-refractivity contribution in [2.75, 3.05) is 5.32 Å². The minimum Gasteiger partial charge on any atom is -0.351 e. The van der Waals surface area contributed by atoms with Crippen molar-refractivity contribution in [2.24, 2.45) is 0 Å².